The van der Waals surface area contributed by atoms with Gasteiger partial charge in [-0.15, -0.1) is 0 Å². The predicted octanol–water partition coefficient (Wildman–Crippen LogP) is 5.78. The van der Waals surface area contributed by atoms with Crippen molar-refractivity contribution in [2.45, 2.75) is 34.2 Å². The average molecular weight is 420 g/mol. The van der Waals surface area contributed by atoms with Crippen LogP contribution in [0, 0.1) is 20.8 Å². The molecule has 0 amide bonds. The second-order valence-corrected chi connectivity index (χ2v) is 8.35. The predicted molar refractivity (Wildman–Crippen MR) is 122 cm³/mol. The molecule has 6 heteroatoms. The molecule has 4 aromatic rings. The maximum absolute atomic E-state index is 12.4. The molecule has 0 unspecified atom stereocenters. The van der Waals surface area contributed by atoms with Crippen molar-refractivity contribution in [3.63, 3.8) is 0 Å². The summed E-state index contributed by atoms with van der Waals surface area (Å²) in [6.07, 6.45) is 0. The number of hydrogen-bond acceptors (Lipinski definition) is 5. The highest BCUT2D eigenvalue weighted by Gasteiger charge is 2.23. The molecular formula is C24H25N3O2S. The van der Waals surface area contributed by atoms with Crippen molar-refractivity contribution in [1.82, 2.24) is 9.38 Å². The molecule has 0 fully saturated rings. The Labute approximate surface area is 180 Å². The first-order valence-electron chi connectivity index (χ1n) is 10.0. The lowest BCUT2D eigenvalue weighted by Gasteiger charge is -2.10. The van der Waals surface area contributed by atoms with Gasteiger partial charge in [0.1, 0.15) is 16.4 Å². The van der Waals surface area contributed by atoms with Crippen LogP contribution in [0.4, 0.5) is 5.82 Å². The van der Waals surface area contributed by atoms with Crippen molar-refractivity contribution < 1.29 is 9.53 Å². The Balaban J connectivity index is 1.80. The SMILES string of the molecule is CCOC(=O)c1sc2nc(-c3cccc(C)c3)c(NCc3ccc(C)cc3)n2c1C. The largest absolute Gasteiger partial charge is 0.462 e. The van der Waals surface area contributed by atoms with Crippen LogP contribution in [0.15, 0.2) is 48.5 Å². The van der Waals surface area contributed by atoms with Gasteiger partial charge in [0.25, 0.3) is 0 Å². The van der Waals surface area contributed by atoms with Gasteiger partial charge in [-0.3, -0.25) is 4.40 Å². The van der Waals surface area contributed by atoms with E-state index in [2.05, 4.69) is 61.6 Å². The summed E-state index contributed by atoms with van der Waals surface area (Å²) < 4.78 is 7.26. The Hall–Kier alpha value is -3.12. The molecule has 0 saturated carbocycles. The molecule has 5 nitrogen and oxygen atoms in total. The molecule has 0 atom stereocenters. The first-order valence-corrected chi connectivity index (χ1v) is 10.8. The lowest BCUT2D eigenvalue weighted by molar-refractivity contribution is 0.0531. The molecule has 2 aromatic heterocycles. The van der Waals surface area contributed by atoms with Crippen LogP contribution in [0.25, 0.3) is 16.2 Å². The van der Waals surface area contributed by atoms with Gasteiger partial charge in [-0.1, -0.05) is 64.9 Å². The number of thiazole rings is 1. The zero-order valence-electron chi connectivity index (χ0n) is 17.7. The van der Waals surface area contributed by atoms with Crippen LogP contribution in [0.1, 0.15) is 39.0 Å². The minimum Gasteiger partial charge on any atom is -0.462 e. The van der Waals surface area contributed by atoms with Gasteiger partial charge in [-0.2, -0.15) is 0 Å². The summed E-state index contributed by atoms with van der Waals surface area (Å²) >= 11 is 1.37. The number of rotatable bonds is 6. The van der Waals surface area contributed by atoms with Gasteiger partial charge >= 0.3 is 5.97 Å². The number of carbonyl (C=O) groups excluding carboxylic acids is 1. The minimum atomic E-state index is -0.299. The standard InChI is InChI=1S/C24H25N3O2S/c1-5-29-23(28)21-17(4)27-22(25-14-18-11-9-15(2)10-12-18)20(26-24(27)30-21)19-8-6-7-16(3)13-19/h6-13,25H,5,14H2,1-4H3. The van der Waals surface area contributed by atoms with E-state index in [1.807, 2.05) is 24.3 Å². The Morgan fingerprint density at radius 1 is 1.10 bits per heavy atom. The Bertz CT molecular complexity index is 1210. The number of carbonyl (C=O) groups is 1. The van der Waals surface area contributed by atoms with E-state index in [4.69, 9.17) is 9.72 Å². The summed E-state index contributed by atoms with van der Waals surface area (Å²) in [5.74, 6) is 0.590. The molecule has 0 saturated heterocycles. The summed E-state index contributed by atoms with van der Waals surface area (Å²) in [5.41, 5.74) is 6.37. The highest BCUT2D eigenvalue weighted by molar-refractivity contribution is 7.19. The topological polar surface area (TPSA) is 55.6 Å². The van der Waals surface area contributed by atoms with Crippen LogP contribution in [-0.2, 0) is 11.3 Å². The number of fused-ring (bicyclic) bond motifs is 1. The molecule has 0 bridgehead atoms. The fourth-order valence-corrected chi connectivity index (χ4v) is 4.50. The van der Waals surface area contributed by atoms with Gasteiger partial charge < -0.3 is 10.1 Å². The van der Waals surface area contributed by atoms with E-state index < -0.39 is 0 Å². The van der Waals surface area contributed by atoms with E-state index in [-0.39, 0.29) is 5.97 Å². The summed E-state index contributed by atoms with van der Waals surface area (Å²) in [6.45, 7) is 8.93. The summed E-state index contributed by atoms with van der Waals surface area (Å²) in [7, 11) is 0. The molecule has 154 valence electrons. The molecule has 2 heterocycles. The third kappa shape index (κ3) is 3.83. The number of nitrogens with zero attached hydrogens (tertiary/aromatic N) is 2. The molecule has 4 rings (SSSR count). The molecule has 2 aromatic carbocycles. The zero-order chi connectivity index (χ0) is 21.3. The van der Waals surface area contributed by atoms with Crippen molar-refractivity contribution in [3.8, 4) is 11.3 Å². The first kappa shape index (κ1) is 20.2. The molecule has 1 N–H and O–H groups in total. The fourth-order valence-electron chi connectivity index (χ4n) is 3.48. The smallest absolute Gasteiger partial charge is 0.350 e. The van der Waals surface area contributed by atoms with Gasteiger partial charge in [0, 0.05) is 17.8 Å². The quantitative estimate of drug-likeness (QED) is 0.403. The number of ether oxygens (including phenoxy) is 1. The van der Waals surface area contributed by atoms with Crippen LogP contribution < -0.4 is 5.32 Å². The Morgan fingerprint density at radius 3 is 2.57 bits per heavy atom. The van der Waals surface area contributed by atoms with Crippen LogP contribution in [-0.4, -0.2) is 22.0 Å². The summed E-state index contributed by atoms with van der Waals surface area (Å²) in [4.78, 5) is 18.6. The second kappa shape index (κ2) is 8.32. The average Bonchev–Trinajstić information content (AvgIpc) is 3.25. The van der Waals surface area contributed by atoms with Crippen molar-refractivity contribution in [3.05, 3.63) is 75.8 Å². The lowest BCUT2D eigenvalue weighted by atomic mass is 10.1. The highest BCUT2D eigenvalue weighted by Crippen LogP contribution is 2.35. The van der Waals surface area contributed by atoms with E-state index in [9.17, 15) is 4.79 Å². The van der Waals surface area contributed by atoms with E-state index in [1.165, 1.54) is 28.0 Å². The molecule has 0 aliphatic heterocycles. The van der Waals surface area contributed by atoms with Crippen molar-refractivity contribution in [1.29, 1.82) is 0 Å². The van der Waals surface area contributed by atoms with Crippen LogP contribution >= 0.6 is 11.3 Å². The number of nitrogens with one attached hydrogen (secondary N) is 1. The summed E-state index contributed by atoms with van der Waals surface area (Å²) in [5, 5.41) is 3.57. The molecule has 0 aliphatic rings. The van der Waals surface area contributed by atoms with Crippen LogP contribution in [0.3, 0.4) is 0 Å². The van der Waals surface area contributed by atoms with Crippen molar-refractivity contribution in [2.75, 3.05) is 11.9 Å². The van der Waals surface area contributed by atoms with Crippen LogP contribution in [0.5, 0.6) is 0 Å². The summed E-state index contributed by atoms with van der Waals surface area (Å²) in [6, 6.07) is 16.8. The number of esters is 1. The zero-order valence-corrected chi connectivity index (χ0v) is 18.5. The number of imidazole rings is 1. The van der Waals surface area contributed by atoms with E-state index >= 15 is 0 Å². The van der Waals surface area contributed by atoms with Gasteiger partial charge in [0.05, 0.1) is 6.61 Å². The van der Waals surface area contributed by atoms with Gasteiger partial charge in [0.15, 0.2) is 4.96 Å². The maximum atomic E-state index is 12.4. The maximum Gasteiger partial charge on any atom is 0.350 e. The Kier molecular flexibility index (Phi) is 5.59. The van der Waals surface area contributed by atoms with Gasteiger partial charge in [0.2, 0.25) is 0 Å². The normalized spacial score (nSPS) is 11.1. The van der Waals surface area contributed by atoms with Crippen LogP contribution in [0.2, 0.25) is 0 Å². The molecule has 0 radical (unpaired) electrons. The lowest BCUT2D eigenvalue weighted by Crippen LogP contribution is -2.07. The third-order valence-corrected chi connectivity index (χ3v) is 6.16. The number of hydrogen-bond donors (Lipinski definition) is 1. The third-order valence-electron chi connectivity index (χ3n) is 5.04. The number of benzene rings is 2. The number of anilines is 1. The molecule has 30 heavy (non-hydrogen) atoms. The first-order chi connectivity index (χ1) is 14.5. The monoisotopic (exact) mass is 419 g/mol. The van der Waals surface area contributed by atoms with Crippen molar-refractivity contribution >= 4 is 28.1 Å². The molecular weight excluding hydrogens is 394 g/mol. The highest BCUT2D eigenvalue weighted by atomic mass is 32.1. The van der Waals surface area contributed by atoms with E-state index in [0.29, 0.717) is 18.0 Å². The Morgan fingerprint density at radius 2 is 1.87 bits per heavy atom. The number of aromatic nitrogens is 2. The van der Waals surface area contributed by atoms with E-state index in [1.54, 1.807) is 0 Å². The molecule has 0 spiro atoms. The van der Waals surface area contributed by atoms with Crippen molar-refractivity contribution in [2.24, 2.45) is 0 Å². The molecule has 0 aliphatic carbocycles. The van der Waals surface area contributed by atoms with Gasteiger partial charge in [-0.25, -0.2) is 9.78 Å². The van der Waals surface area contributed by atoms with Gasteiger partial charge in [-0.05, 0) is 39.3 Å². The number of aryl methyl sites for hydroxylation is 3. The fraction of sp³-hybridized carbons (Fsp3) is 0.250. The minimum absolute atomic E-state index is 0.299. The second-order valence-electron chi connectivity index (χ2n) is 7.37. The van der Waals surface area contributed by atoms with E-state index in [0.717, 1.165) is 27.7 Å².